The van der Waals surface area contributed by atoms with Gasteiger partial charge in [-0.05, 0) is 43.3 Å². The van der Waals surface area contributed by atoms with E-state index in [1.54, 1.807) is 24.3 Å². The molecule has 0 bridgehead atoms. The summed E-state index contributed by atoms with van der Waals surface area (Å²) in [5.74, 6) is -0.523. The molecule has 2 amide bonds. The molecule has 0 unspecified atom stereocenters. The lowest BCUT2D eigenvalue weighted by Crippen LogP contribution is -3.19. The van der Waals surface area contributed by atoms with Crippen LogP contribution in [-0.4, -0.2) is 44.0 Å². The van der Waals surface area contributed by atoms with Crippen LogP contribution in [0.3, 0.4) is 0 Å². The van der Waals surface area contributed by atoms with Crippen molar-refractivity contribution in [1.82, 2.24) is 0 Å². The molecule has 7 heteroatoms. The molecule has 2 aromatic carbocycles. The molecule has 0 aliphatic carbocycles. The minimum atomic E-state index is -0.484. The quantitative estimate of drug-likeness (QED) is 0.720. The molecule has 0 aromatic heterocycles. The number of carbonyl (C=O) groups excluding carboxylic acids is 2. The van der Waals surface area contributed by atoms with Crippen molar-refractivity contribution < 1.29 is 14.5 Å². The number of amides is 2. The average molecular weight is 388 g/mol. The maximum absolute atomic E-state index is 12.6. The maximum Gasteiger partial charge on any atom is 0.282 e. The molecule has 0 spiro atoms. The van der Waals surface area contributed by atoms with E-state index < -0.39 is 5.91 Å². The number of nitrogens with two attached hydrogens (primary N) is 1. The van der Waals surface area contributed by atoms with Crippen molar-refractivity contribution in [2.45, 2.75) is 13.0 Å². The van der Waals surface area contributed by atoms with Crippen LogP contribution in [0.4, 0.5) is 11.4 Å². The molecule has 142 valence electrons. The van der Waals surface area contributed by atoms with E-state index in [1.165, 1.54) is 4.90 Å². The van der Waals surface area contributed by atoms with Crippen LogP contribution in [0.1, 0.15) is 17.3 Å². The number of hydrogen-bond donors (Lipinski definition) is 3. The maximum atomic E-state index is 12.6. The SMILES string of the molecule is C[C@@H](C(=O)Nc1ccc(C(N)=O)cc1)[NH+]1CCN(c2ccccc2Cl)CC1. The Hall–Kier alpha value is -2.57. The van der Waals surface area contributed by atoms with Gasteiger partial charge in [0.2, 0.25) is 5.91 Å². The van der Waals surface area contributed by atoms with Gasteiger partial charge < -0.3 is 20.9 Å². The van der Waals surface area contributed by atoms with E-state index in [9.17, 15) is 9.59 Å². The first-order chi connectivity index (χ1) is 13.0. The largest absolute Gasteiger partial charge is 0.366 e. The number of hydrogen-bond acceptors (Lipinski definition) is 3. The van der Waals surface area contributed by atoms with Gasteiger partial charge >= 0.3 is 0 Å². The first-order valence-corrected chi connectivity index (χ1v) is 9.38. The molecule has 0 saturated carbocycles. The number of rotatable bonds is 5. The Morgan fingerprint density at radius 2 is 1.74 bits per heavy atom. The first-order valence-electron chi connectivity index (χ1n) is 9.00. The molecule has 1 atom stereocenters. The molecule has 1 fully saturated rings. The van der Waals surface area contributed by atoms with Gasteiger partial charge in [0.1, 0.15) is 0 Å². The Morgan fingerprint density at radius 3 is 2.33 bits per heavy atom. The number of quaternary nitrogens is 1. The summed E-state index contributed by atoms with van der Waals surface area (Å²) < 4.78 is 0. The van der Waals surface area contributed by atoms with E-state index in [0.29, 0.717) is 11.3 Å². The minimum Gasteiger partial charge on any atom is -0.366 e. The normalized spacial score (nSPS) is 16.0. The standard InChI is InChI=1S/C20H23ClN4O2/c1-14(20(27)23-16-8-6-15(7-9-16)19(22)26)24-10-12-25(13-11-24)18-5-3-2-4-17(18)21/h2-9,14H,10-13H2,1H3,(H2,22,26)(H,23,27)/p+1/t14-/m0/s1. The molecular formula is C20H24ClN4O2+. The van der Waals surface area contributed by atoms with Crippen LogP contribution in [0.25, 0.3) is 0 Å². The van der Waals surface area contributed by atoms with E-state index in [2.05, 4.69) is 10.2 Å². The van der Waals surface area contributed by atoms with Crippen LogP contribution in [0.5, 0.6) is 0 Å². The summed E-state index contributed by atoms with van der Waals surface area (Å²) in [5, 5.41) is 3.67. The van der Waals surface area contributed by atoms with Gasteiger partial charge in [-0.1, -0.05) is 23.7 Å². The van der Waals surface area contributed by atoms with Crippen molar-refractivity contribution in [3.63, 3.8) is 0 Å². The molecular weight excluding hydrogens is 364 g/mol. The Labute approximate surface area is 163 Å². The summed E-state index contributed by atoms with van der Waals surface area (Å²) in [6, 6.07) is 14.3. The lowest BCUT2D eigenvalue weighted by molar-refractivity contribution is -0.914. The lowest BCUT2D eigenvalue weighted by Gasteiger charge is -2.36. The van der Waals surface area contributed by atoms with Crippen molar-refractivity contribution in [3.8, 4) is 0 Å². The highest BCUT2D eigenvalue weighted by molar-refractivity contribution is 6.33. The fourth-order valence-corrected chi connectivity index (χ4v) is 3.59. The molecule has 6 nitrogen and oxygen atoms in total. The van der Waals surface area contributed by atoms with E-state index in [4.69, 9.17) is 17.3 Å². The fraction of sp³-hybridized carbons (Fsp3) is 0.300. The second kappa shape index (κ2) is 8.41. The van der Waals surface area contributed by atoms with Crippen LogP contribution >= 0.6 is 11.6 Å². The second-order valence-corrected chi connectivity index (χ2v) is 7.16. The van der Waals surface area contributed by atoms with Crippen LogP contribution in [-0.2, 0) is 4.79 Å². The van der Waals surface area contributed by atoms with Crippen molar-refractivity contribution in [2.75, 3.05) is 36.4 Å². The first kappa shape index (κ1) is 19.2. The molecule has 1 saturated heterocycles. The zero-order chi connectivity index (χ0) is 19.4. The molecule has 1 aliphatic heterocycles. The van der Waals surface area contributed by atoms with E-state index in [1.807, 2.05) is 31.2 Å². The third-order valence-electron chi connectivity index (χ3n) is 5.04. The van der Waals surface area contributed by atoms with Gasteiger partial charge in [-0.25, -0.2) is 0 Å². The zero-order valence-corrected chi connectivity index (χ0v) is 16.0. The number of nitrogens with one attached hydrogen (secondary N) is 2. The summed E-state index contributed by atoms with van der Waals surface area (Å²) in [6.07, 6.45) is 0. The van der Waals surface area contributed by atoms with Gasteiger partial charge in [0, 0.05) is 11.3 Å². The smallest absolute Gasteiger partial charge is 0.282 e. The number of anilines is 2. The molecule has 2 aromatic rings. The third-order valence-corrected chi connectivity index (χ3v) is 5.36. The Bertz CT molecular complexity index is 817. The Balaban J connectivity index is 1.55. The molecule has 1 aliphatic rings. The number of carbonyl (C=O) groups is 2. The second-order valence-electron chi connectivity index (χ2n) is 6.75. The predicted octanol–water partition coefficient (Wildman–Crippen LogP) is 1.17. The Morgan fingerprint density at radius 1 is 1.11 bits per heavy atom. The fourth-order valence-electron chi connectivity index (χ4n) is 3.33. The zero-order valence-electron chi connectivity index (χ0n) is 15.2. The molecule has 27 heavy (non-hydrogen) atoms. The molecule has 1 heterocycles. The van der Waals surface area contributed by atoms with Crippen molar-refractivity contribution in [3.05, 3.63) is 59.1 Å². The monoisotopic (exact) mass is 387 g/mol. The van der Waals surface area contributed by atoms with Crippen molar-refractivity contribution in [2.24, 2.45) is 5.73 Å². The number of nitrogens with zero attached hydrogens (tertiary/aromatic N) is 1. The van der Waals surface area contributed by atoms with Crippen LogP contribution < -0.4 is 20.9 Å². The van der Waals surface area contributed by atoms with E-state index in [-0.39, 0.29) is 11.9 Å². The van der Waals surface area contributed by atoms with E-state index in [0.717, 1.165) is 36.9 Å². The van der Waals surface area contributed by atoms with Crippen molar-refractivity contribution in [1.29, 1.82) is 0 Å². The van der Waals surface area contributed by atoms with Gasteiger partial charge in [0.15, 0.2) is 6.04 Å². The average Bonchev–Trinajstić information content (AvgIpc) is 2.68. The van der Waals surface area contributed by atoms with Crippen LogP contribution in [0.15, 0.2) is 48.5 Å². The number of benzene rings is 2. The van der Waals surface area contributed by atoms with Gasteiger partial charge in [0.05, 0.1) is 36.9 Å². The van der Waals surface area contributed by atoms with Gasteiger partial charge in [-0.15, -0.1) is 0 Å². The lowest BCUT2D eigenvalue weighted by atomic mass is 10.1. The molecule has 4 N–H and O–H groups in total. The van der Waals surface area contributed by atoms with Gasteiger partial charge in [-0.3, -0.25) is 9.59 Å². The van der Waals surface area contributed by atoms with Crippen LogP contribution in [0, 0.1) is 0 Å². The summed E-state index contributed by atoms with van der Waals surface area (Å²) in [7, 11) is 0. The third kappa shape index (κ3) is 4.59. The summed E-state index contributed by atoms with van der Waals surface area (Å²) in [6.45, 7) is 5.36. The number of para-hydroxylation sites is 1. The van der Waals surface area contributed by atoms with Crippen molar-refractivity contribution >= 4 is 34.8 Å². The predicted molar refractivity (Wildman–Crippen MR) is 107 cm³/mol. The minimum absolute atomic E-state index is 0.0389. The highest BCUT2D eigenvalue weighted by Gasteiger charge is 2.29. The summed E-state index contributed by atoms with van der Waals surface area (Å²) in [4.78, 5) is 27.2. The summed E-state index contributed by atoms with van der Waals surface area (Å²) in [5.41, 5.74) is 7.35. The number of piperazine rings is 1. The highest BCUT2D eigenvalue weighted by Crippen LogP contribution is 2.24. The Kier molecular flexibility index (Phi) is 5.98. The number of primary amides is 1. The van der Waals surface area contributed by atoms with Crippen LogP contribution in [0.2, 0.25) is 5.02 Å². The molecule has 0 radical (unpaired) electrons. The van der Waals surface area contributed by atoms with Gasteiger partial charge in [0.25, 0.3) is 5.91 Å². The number of halogens is 1. The summed E-state index contributed by atoms with van der Waals surface area (Å²) >= 11 is 6.29. The highest BCUT2D eigenvalue weighted by atomic mass is 35.5. The van der Waals surface area contributed by atoms with E-state index >= 15 is 0 Å². The van der Waals surface area contributed by atoms with Gasteiger partial charge in [-0.2, -0.15) is 0 Å². The molecule has 3 rings (SSSR count). The topological polar surface area (TPSA) is 79.9 Å².